The van der Waals surface area contributed by atoms with Crippen molar-refractivity contribution in [2.75, 3.05) is 7.11 Å². The van der Waals surface area contributed by atoms with E-state index in [9.17, 15) is 4.79 Å². The van der Waals surface area contributed by atoms with E-state index in [1.54, 1.807) is 19.1 Å². The number of hydrogen-bond donors (Lipinski definition) is 1. The van der Waals surface area contributed by atoms with E-state index in [4.69, 9.17) is 18.9 Å². The minimum absolute atomic E-state index is 0.0421. The Hall–Kier alpha value is -4.76. The van der Waals surface area contributed by atoms with E-state index in [1.165, 1.54) is 13.3 Å². The van der Waals surface area contributed by atoms with Crippen LogP contribution in [0.15, 0.2) is 88.0 Å². The smallest absolute Gasteiger partial charge is 0.339 e. The SMILES string of the molecule is COC(=O)c1ccc(OCc2c(-c3ccccc3)noc2C)nc1.Cc1onc(-c2ccccc2)c1CO. The van der Waals surface area contributed by atoms with Gasteiger partial charge in [-0.25, -0.2) is 9.78 Å². The van der Waals surface area contributed by atoms with Crippen LogP contribution in [0.4, 0.5) is 0 Å². The molecule has 0 amide bonds. The highest BCUT2D eigenvalue weighted by Crippen LogP contribution is 2.26. The zero-order chi connectivity index (χ0) is 26.9. The highest BCUT2D eigenvalue weighted by Gasteiger charge is 2.16. The number of pyridine rings is 1. The highest BCUT2D eigenvalue weighted by atomic mass is 16.5. The van der Waals surface area contributed by atoms with Gasteiger partial charge in [-0.15, -0.1) is 0 Å². The summed E-state index contributed by atoms with van der Waals surface area (Å²) in [5.74, 6) is 1.34. The molecule has 0 saturated carbocycles. The summed E-state index contributed by atoms with van der Waals surface area (Å²) in [5.41, 5.74) is 5.40. The lowest BCUT2D eigenvalue weighted by molar-refractivity contribution is 0.0600. The van der Waals surface area contributed by atoms with E-state index in [0.717, 1.165) is 33.6 Å². The lowest BCUT2D eigenvalue weighted by Gasteiger charge is -2.06. The van der Waals surface area contributed by atoms with Crippen LogP contribution in [0.25, 0.3) is 22.5 Å². The normalized spacial score (nSPS) is 10.4. The Bertz CT molecular complexity index is 1460. The zero-order valence-electron chi connectivity index (χ0n) is 21.2. The van der Waals surface area contributed by atoms with Gasteiger partial charge in [-0.3, -0.25) is 0 Å². The number of nitrogens with zero attached hydrogens (tertiary/aromatic N) is 3. The summed E-state index contributed by atoms with van der Waals surface area (Å²) < 4.78 is 20.7. The fraction of sp³-hybridized carbons (Fsp3) is 0.172. The van der Waals surface area contributed by atoms with Crippen LogP contribution in [0.2, 0.25) is 0 Å². The predicted octanol–water partition coefficient (Wildman–Crippen LogP) is 5.55. The molecule has 0 bridgehead atoms. The fourth-order valence-electron chi connectivity index (χ4n) is 3.63. The number of methoxy groups -OCH3 is 1. The van der Waals surface area contributed by atoms with E-state index in [2.05, 4.69) is 20.0 Å². The van der Waals surface area contributed by atoms with Crippen LogP contribution in [0, 0.1) is 13.8 Å². The first-order chi connectivity index (χ1) is 18.5. The van der Waals surface area contributed by atoms with Crippen molar-refractivity contribution in [1.29, 1.82) is 0 Å². The maximum atomic E-state index is 11.4. The van der Waals surface area contributed by atoms with E-state index < -0.39 is 5.97 Å². The molecule has 0 saturated heterocycles. The second kappa shape index (κ2) is 12.5. The Labute approximate surface area is 219 Å². The molecule has 9 heteroatoms. The van der Waals surface area contributed by atoms with Gasteiger partial charge in [0.2, 0.25) is 5.88 Å². The van der Waals surface area contributed by atoms with E-state index in [-0.39, 0.29) is 13.2 Å². The summed E-state index contributed by atoms with van der Waals surface area (Å²) in [6.45, 7) is 3.86. The topological polar surface area (TPSA) is 121 Å². The van der Waals surface area contributed by atoms with Crippen LogP contribution < -0.4 is 4.74 Å². The third kappa shape index (κ3) is 6.13. The summed E-state index contributed by atoms with van der Waals surface area (Å²) in [4.78, 5) is 15.5. The van der Waals surface area contributed by atoms with Crippen LogP contribution in [-0.4, -0.2) is 33.5 Å². The van der Waals surface area contributed by atoms with Gasteiger partial charge in [0.25, 0.3) is 0 Å². The third-order valence-corrected chi connectivity index (χ3v) is 5.74. The summed E-state index contributed by atoms with van der Waals surface area (Å²) >= 11 is 0. The van der Waals surface area contributed by atoms with Gasteiger partial charge >= 0.3 is 5.97 Å². The first-order valence-electron chi connectivity index (χ1n) is 11.8. The number of benzene rings is 2. The summed E-state index contributed by atoms with van der Waals surface area (Å²) in [7, 11) is 1.33. The van der Waals surface area contributed by atoms with Crippen molar-refractivity contribution >= 4 is 5.97 Å². The van der Waals surface area contributed by atoms with Gasteiger partial charge in [-0.2, -0.15) is 0 Å². The number of aliphatic hydroxyl groups is 1. The summed E-state index contributed by atoms with van der Waals surface area (Å²) in [5, 5.41) is 17.2. The van der Waals surface area contributed by atoms with Crippen molar-refractivity contribution in [3.05, 3.63) is 107 Å². The summed E-state index contributed by atoms with van der Waals surface area (Å²) in [6, 6.07) is 22.7. The van der Waals surface area contributed by atoms with Gasteiger partial charge in [0.1, 0.15) is 29.5 Å². The number of aryl methyl sites for hydroxylation is 2. The Balaban J connectivity index is 0.000000204. The molecule has 5 aromatic rings. The van der Waals surface area contributed by atoms with Crippen LogP contribution in [-0.2, 0) is 18.0 Å². The highest BCUT2D eigenvalue weighted by molar-refractivity contribution is 5.88. The van der Waals surface area contributed by atoms with E-state index >= 15 is 0 Å². The average Bonchev–Trinajstić information content (AvgIpc) is 3.54. The molecule has 0 aliphatic heterocycles. The number of carbonyl (C=O) groups is 1. The molecule has 9 nitrogen and oxygen atoms in total. The quantitative estimate of drug-likeness (QED) is 0.279. The number of rotatable bonds is 7. The molecule has 194 valence electrons. The zero-order valence-corrected chi connectivity index (χ0v) is 21.2. The van der Waals surface area contributed by atoms with Crippen molar-refractivity contribution in [2.45, 2.75) is 27.1 Å². The Morgan fingerprint density at radius 1 is 0.816 bits per heavy atom. The largest absolute Gasteiger partial charge is 0.473 e. The lowest BCUT2D eigenvalue weighted by atomic mass is 10.1. The van der Waals surface area contributed by atoms with Gasteiger partial charge in [0.15, 0.2) is 0 Å². The molecule has 38 heavy (non-hydrogen) atoms. The van der Waals surface area contributed by atoms with Crippen molar-refractivity contribution in [1.82, 2.24) is 15.3 Å². The number of aromatic nitrogens is 3. The molecule has 3 aromatic heterocycles. The number of esters is 1. The van der Waals surface area contributed by atoms with Gasteiger partial charge in [-0.05, 0) is 19.9 Å². The van der Waals surface area contributed by atoms with Crippen molar-refractivity contribution in [3.63, 3.8) is 0 Å². The molecule has 1 N–H and O–H groups in total. The molecule has 0 aliphatic rings. The minimum atomic E-state index is -0.435. The lowest BCUT2D eigenvalue weighted by Crippen LogP contribution is -2.03. The van der Waals surface area contributed by atoms with Crippen molar-refractivity contribution in [2.24, 2.45) is 0 Å². The van der Waals surface area contributed by atoms with Gasteiger partial charge in [0, 0.05) is 29.0 Å². The second-order valence-corrected chi connectivity index (χ2v) is 8.19. The first kappa shape index (κ1) is 26.3. The second-order valence-electron chi connectivity index (χ2n) is 8.19. The van der Waals surface area contributed by atoms with Gasteiger partial charge in [0.05, 0.1) is 24.8 Å². The molecule has 0 spiro atoms. The molecule has 2 aromatic carbocycles. The molecular formula is C29H27N3O6. The Kier molecular flexibility index (Phi) is 8.63. The summed E-state index contributed by atoms with van der Waals surface area (Å²) in [6.07, 6.45) is 1.42. The monoisotopic (exact) mass is 513 g/mol. The number of ether oxygens (including phenoxy) is 2. The van der Waals surface area contributed by atoms with Crippen molar-refractivity contribution < 1.29 is 28.4 Å². The van der Waals surface area contributed by atoms with Crippen LogP contribution in [0.1, 0.15) is 33.0 Å². The molecular weight excluding hydrogens is 486 g/mol. The third-order valence-electron chi connectivity index (χ3n) is 5.74. The van der Waals surface area contributed by atoms with E-state index in [1.807, 2.05) is 67.6 Å². The van der Waals surface area contributed by atoms with Crippen LogP contribution in [0.5, 0.6) is 5.88 Å². The predicted molar refractivity (Wildman–Crippen MR) is 139 cm³/mol. The first-order valence-corrected chi connectivity index (χ1v) is 11.8. The van der Waals surface area contributed by atoms with Crippen LogP contribution >= 0.6 is 0 Å². The molecule has 0 radical (unpaired) electrons. The van der Waals surface area contributed by atoms with Crippen molar-refractivity contribution in [3.8, 4) is 28.4 Å². The number of hydrogen-bond acceptors (Lipinski definition) is 9. The molecule has 0 aliphatic carbocycles. The minimum Gasteiger partial charge on any atom is -0.473 e. The number of aliphatic hydroxyl groups excluding tert-OH is 1. The maximum absolute atomic E-state index is 11.4. The molecule has 0 fully saturated rings. The Morgan fingerprint density at radius 2 is 1.37 bits per heavy atom. The molecule has 5 rings (SSSR count). The average molecular weight is 514 g/mol. The molecule has 3 heterocycles. The fourth-order valence-corrected chi connectivity index (χ4v) is 3.63. The van der Waals surface area contributed by atoms with Gasteiger partial charge in [-0.1, -0.05) is 71.0 Å². The Morgan fingerprint density at radius 3 is 1.87 bits per heavy atom. The maximum Gasteiger partial charge on any atom is 0.339 e. The molecule has 0 atom stereocenters. The van der Waals surface area contributed by atoms with Crippen LogP contribution in [0.3, 0.4) is 0 Å². The standard InChI is InChI=1S/C18H16N2O4.C11H11NO2/c1-12-15(17(20-24-12)13-6-4-3-5-7-13)11-23-16-9-8-14(10-19-16)18(21)22-2;1-8-10(7-13)11(12-14-8)9-5-3-2-4-6-9/h3-10H,11H2,1-2H3;2-6,13H,7H2,1H3. The van der Waals surface area contributed by atoms with E-state index in [0.29, 0.717) is 23.0 Å². The number of carbonyl (C=O) groups excluding carboxylic acids is 1. The molecule has 0 unspecified atom stereocenters. The van der Waals surface area contributed by atoms with Gasteiger partial charge < -0.3 is 23.6 Å².